The number of halogens is 2. The molecular weight excluding hydrogens is 252 g/mol. The molecule has 0 amide bonds. The van der Waals surface area contributed by atoms with Crippen LogP contribution in [0.5, 0.6) is 0 Å². The first-order chi connectivity index (χ1) is 9.13. The van der Waals surface area contributed by atoms with Crippen molar-refractivity contribution in [2.45, 2.75) is 6.54 Å². The number of hydrogen-bond acceptors (Lipinski definition) is 3. The highest BCUT2D eigenvalue weighted by atomic mass is 19.1. The zero-order valence-electron chi connectivity index (χ0n) is 9.84. The summed E-state index contributed by atoms with van der Waals surface area (Å²) in [6.45, 7) is -0.108. The van der Waals surface area contributed by atoms with Crippen LogP contribution in [0.4, 0.5) is 14.5 Å². The third-order valence-electron chi connectivity index (χ3n) is 2.66. The Labute approximate surface area is 107 Å². The van der Waals surface area contributed by atoms with Crippen molar-refractivity contribution in [1.82, 2.24) is 4.98 Å². The molecule has 0 fully saturated rings. The van der Waals surface area contributed by atoms with Crippen molar-refractivity contribution in [2.75, 3.05) is 5.32 Å². The Morgan fingerprint density at radius 1 is 1.26 bits per heavy atom. The van der Waals surface area contributed by atoms with Gasteiger partial charge in [0.1, 0.15) is 11.6 Å². The fourth-order valence-electron chi connectivity index (χ4n) is 1.67. The lowest BCUT2D eigenvalue weighted by atomic mass is 10.2. The number of nitrogens with one attached hydrogen (secondary N) is 3. The summed E-state index contributed by atoms with van der Waals surface area (Å²) >= 11 is 0. The minimum Gasteiger partial charge on any atom is -0.380 e. The smallest absolute Gasteiger partial charge is 0.258 e. The lowest BCUT2D eigenvalue weighted by molar-refractivity contribution is 0.560. The number of aromatic nitrogens is 1. The van der Waals surface area contributed by atoms with Crippen molar-refractivity contribution in [1.29, 1.82) is 5.41 Å². The van der Waals surface area contributed by atoms with Crippen LogP contribution in [0.3, 0.4) is 0 Å². The number of H-pyrrole nitrogens is 1. The van der Waals surface area contributed by atoms with E-state index < -0.39 is 17.2 Å². The van der Waals surface area contributed by atoms with Gasteiger partial charge < -0.3 is 15.7 Å². The van der Waals surface area contributed by atoms with Crippen LogP contribution in [0.1, 0.15) is 11.1 Å². The van der Waals surface area contributed by atoms with Crippen molar-refractivity contribution in [3.05, 3.63) is 63.6 Å². The van der Waals surface area contributed by atoms with Crippen LogP contribution < -0.4 is 10.9 Å². The minimum atomic E-state index is -0.659. The first-order valence-corrected chi connectivity index (χ1v) is 5.52. The maximum absolute atomic E-state index is 13.4. The molecule has 0 aliphatic rings. The summed E-state index contributed by atoms with van der Waals surface area (Å²) in [5.74, 6) is -1.32. The number of rotatable bonds is 4. The second-order valence-electron chi connectivity index (χ2n) is 3.83. The van der Waals surface area contributed by atoms with Crippen LogP contribution in [0.15, 0.2) is 35.3 Å². The van der Waals surface area contributed by atoms with Gasteiger partial charge in [-0.3, -0.25) is 4.79 Å². The van der Waals surface area contributed by atoms with Gasteiger partial charge in [0.15, 0.2) is 0 Å². The summed E-state index contributed by atoms with van der Waals surface area (Å²) in [5, 5.41) is 9.91. The van der Waals surface area contributed by atoms with Crippen LogP contribution >= 0.6 is 0 Å². The summed E-state index contributed by atoms with van der Waals surface area (Å²) in [7, 11) is 0. The van der Waals surface area contributed by atoms with Gasteiger partial charge in [0.05, 0.1) is 11.3 Å². The highest BCUT2D eigenvalue weighted by Crippen LogP contribution is 2.15. The standard InChI is InChI=1S/C13H11F2N3O/c14-10-2-1-3-11(15)9(10)7-18-12-4-5-17-13(19)8(12)6-16/h1-6,16H,7H2,(H2,17,18,19). The quantitative estimate of drug-likeness (QED) is 0.740. The molecular formula is C13H11F2N3O. The van der Waals surface area contributed by atoms with Crippen LogP contribution in [0, 0.1) is 17.0 Å². The highest BCUT2D eigenvalue weighted by molar-refractivity contribution is 5.84. The van der Waals surface area contributed by atoms with Crippen LogP contribution in [-0.4, -0.2) is 11.2 Å². The van der Waals surface area contributed by atoms with Gasteiger partial charge in [-0.15, -0.1) is 0 Å². The van der Waals surface area contributed by atoms with Crippen molar-refractivity contribution in [3.63, 3.8) is 0 Å². The van der Waals surface area contributed by atoms with Gasteiger partial charge in [0.25, 0.3) is 5.56 Å². The lowest BCUT2D eigenvalue weighted by Crippen LogP contribution is -2.15. The van der Waals surface area contributed by atoms with Crippen LogP contribution in [0.2, 0.25) is 0 Å². The predicted octanol–water partition coefficient (Wildman–Crippen LogP) is 2.26. The van der Waals surface area contributed by atoms with E-state index >= 15 is 0 Å². The molecule has 6 heteroatoms. The molecule has 0 aliphatic carbocycles. The average molecular weight is 263 g/mol. The number of benzene rings is 1. The third-order valence-corrected chi connectivity index (χ3v) is 2.66. The van der Waals surface area contributed by atoms with E-state index in [4.69, 9.17) is 5.41 Å². The number of aromatic amines is 1. The van der Waals surface area contributed by atoms with Crippen molar-refractivity contribution in [3.8, 4) is 0 Å². The Bertz CT molecular complexity index is 647. The van der Waals surface area contributed by atoms with E-state index in [0.717, 1.165) is 18.3 Å². The molecule has 0 aliphatic heterocycles. The number of pyridine rings is 1. The van der Waals surface area contributed by atoms with Crippen LogP contribution in [0.25, 0.3) is 0 Å². The molecule has 4 nitrogen and oxygen atoms in total. The van der Waals surface area contributed by atoms with E-state index in [9.17, 15) is 13.6 Å². The number of hydrogen-bond donors (Lipinski definition) is 3. The van der Waals surface area contributed by atoms with Gasteiger partial charge in [0, 0.05) is 24.5 Å². The van der Waals surface area contributed by atoms with Gasteiger partial charge in [0.2, 0.25) is 0 Å². The maximum atomic E-state index is 13.4. The maximum Gasteiger partial charge on any atom is 0.258 e. The zero-order valence-corrected chi connectivity index (χ0v) is 9.84. The molecule has 19 heavy (non-hydrogen) atoms. The second-order valence-corrected chi connectivity index (χ2v) is 3.83. The van der Waals surface area contributed by atoms with E-state index in [-0.39, 0.29) is 17.7 Å². The normalized spacial score (nSPS) is 10.2. The second kappa shape index (κ2) is 5.43. The Balaban J connectivity index is 2.27. The fourth-order valence-corrected chi connectivity index (χ4v) is 1.67. The van der Waals surface area contributed by atoms with Crippen molar-refractivity contribution < 1.29 is 8.78 Å². The topological polar surface area (TPSA) is 68.7 Å². The first kappa shape index (κ1) is 12.9. The van der Waals surface area contributed by atoms with E-state index in [1.807, 2.05) is 0 Å². The molecule has 0 atom stereocenters. The summed E-state index contributed by atoms with van der Waals surface area (Å²) < 4.78 is 26.8. The van der Waals surface area contributed by atoms with E-state index in [0.29, 0.717) is 5.69 Å². The molecule has 98 valence electrons. The average Bonchev–Trinajstić information content (AvgIpc) is 2.38. The first-order valence-electron chi connectivity index (χ1n) is 5.52. The molecule has 0 saturated carbocycles. The number of anilines is 1. The van der Waals surface area contributed by atoms with Gasteiger partial charge in [-0.25, -0.2) is 8.78 Å². The predicted molar refractivity (Wildman–Crippen MR) is 68.6 cm³/mol. The molecule has 0 radical (unpaired) electrons. The molecule has 2 aromatic rings. The molecule has 1 heterocycles. The summed E-state index contributed by atoms with van der Waals surface area (Å²) in [4.78, 5) is 13.8. The monoisotopic (exact) mass is 263 g/mol. The Morgan fingerprint density at radius 3 is 2.58 bits per heavy atom. The summed E-state index contributed by atoms with van der Waals surface area (Å²) in [5.41, 5.74) is -0.0895. The third kappa shape index (κ3) is 2.67. The Morgan fingerprint density at radius 2 is 1.95 bits per heavy atom. The van der Waals surface area contributed by atoms with Gasteiger partial charge >= 0.3 is 0 Å². The Kier molecular flexibility index (Phi) is 3.70. The summed E-state index contributed by atoms with van der Waals surface area (Å²) in [6, 6.07) is 5.13. The molecule has 2 rings (SSSR count). The molecule has 0 saturated heterocycles. The molecule has 3 N–H and O–H groups in total. The van der Waals surface area contributed by atoms with Crippen molar-refractivity contribution in [2.24, 2.45) is 0 Å². The highest BCUT2D eigenvalue weighted by Gasteiger charge is 2.09. The van der Waals surface area contributed by atoms with E-state index in [1.54, 1.807) is 0 Å². The van der Waals surface area contributed by atoms with Crippen LogP contribution in [-0.2, 0) is 6.54 Å². The molecule has 0 bridgehead atoms. The minimum absolute atomic E-state index is 0.108. The fraction of sp³-hybridized carbons (Fsp3) is 0.0769. The lowest BCUT2D eigenvalue weighted by Gasteiger charge is -2.09. The molecule has 1 aromatic heterocycles. The van der Waals surface area contributed by atoms with Crippen molar-refractivity contribution >= 4 is 11.9 Å². The molecule has 0 spiro atoms. The largest absolute Gasteiger partial charge is 0.380 e. The van der Waals surface area contributed by atoms with Gasteiger partial charge in [-0.2, -0.15) is 0 Å². The molecule has 0 unspecified atom stereocenters. The van der Waals surface area contributed by atoms with E-state index in [1.165, 1.54) is 18.3 Å². The van der Waals surface area contributed by atoms with Gasteiger partial charge in [-0.05, 0) is 18.2 Å². The zero-order chi connectivity index (χ0) is 13.8. The summed E-state index contributed by atoms with van der Waals surface area (Å²) in [6.07, 6.45) is 2.29. The molecule has 1 aromatic carbocycles. The SMILES string of the molecule is N=Cc1c(NCc2c(F)cccc2F)cc[nH]c1=O. The Hall–Kier alpha value is -2.50. The van der Waals surface area contributed by atoms with E-state index in [2.05, 4.69) is 10.3 Å². The van der Waals surface area contributed by atoms with Gasteiger partial charge in [-0.1, -0.05) is 6.07 Å².